The first-order valence-corrected chi connectivity index (χ1v) is 8.19. The molecule has 4 heteroatoms. The molecular formula is C19H19NO3. The summed E-state index contributed by atoms with van der Waals surface area (Å²) in [4.78, 5) is 0. The Morgan fingerprint density at radius 1 is 1.13 bits per heavy atom. The summed E-state index contributed by atoms with van der Waals surface area (Å²) in [6, 6.07) is 14.6. The molecule has 0 aromatic heterocycles. The van der Waals surface area contributed by atoms with E-state index in [1.807, 2.05) is 18.2 Å². The van der Waals surface area contributed by atoms with Crippen LogP contribution in [0.15, 0.2) is 42.5 Å². The van der Waals surface area contributed by atoms with Crippen LogP contribution in [0.3, 0.4) is 0 Å². The van der Waals surface area contributed by atoms with Gasteiger partial charge in [0.05, 0.1) is 6.61 Å². The van der Waals surface area contributed by atoms with Gasteiger partial charge in [-0.3, -0.25) is 0 Å². The zero-order valence-electron chi connectivity index (χ0n) is 12.9. The Hall–Kier alpha value is -2.20. The predicted molar refractivity (Wildman–Crippen MR) is 86.4 cm³/mol. The van der Waals surface area contributed by atoms with Gasteiger partial charge in [0.15, 0.2) is 11.5 Å². The van der Waals surface area contributed by atoms with Gasteiger partial charge in [-0.1, -0.05) is 24.3 Å². The molecule has 0 unspecified atom stereocenters. The van der Waals surface area contributed by atoms with Gasteiger partial charge in [0.2, 0.25) is 6.79 Å². The van der Waals surface area contributed by atoms with E-state index in [0.717, 1.165) is 36.8 Å². The second-order valence-corrected chi connectivity index (χ2v) is 6.54. The summed E-state index contributed by atoms with van der Waals surface area (Å²) in [5.74, 6) is 3.05. The van der Waals surface area contributed by atoms with E-state index in [0.29, 0.717) is 19.3 Å². The number of ether oxygens (including phenoxy) is 3. The molecule has 1 N–H and O–H groups in total. The lowest BCUT2D eigenvalue weighted by atomic mass is 9.56. The summed E-state index contributed by atoms with van der Waals surface area (Å²) in [6.07, 6.45) is 1.04. The maximum absolute atomic E-state index is 5.99. The molecule has 118 valence electrons. The predicted octanol–water partition coefficient (Wildman–Crippen LogP) is 2.82. The van der Waals surface area contributed by atoms with Gasteiger partial charge >= 0.3 is 0 Å². The third-order valence-electron chi connectivity index (χ3n) is 5.49. The molecule has 23 heavy (non-hydrogen) atoms. The van der Waals surface area contributed by atoms with Crippen LogP contribution in [0.5, 0.6) is 17.2 Å². The molecule has 1 saturated heterocycles. The van der Waals surface area contributed by atoms with Crippen LogP contribution in [0.25, 0.3) is 0 Å². The molecule has 0 amide bonds. The minimum absolute atomic E-state index is 0.257. The van der Waals surface area contributed by atoms with Crippen molar-refractivity contribution in [2.24, 2.45) is 0 Å². The van der Waals surface area contributed by atoms with Gasteiger partial charge in [-0.05, 0) is 29.7 Å². The van der Waals surface area contributed by atoms with E-state index in [4.69, 9.17) is 14.2 Å². The van der Waals surface area contributed by atoms with Crippen LogP contribution in [0, 0.1) is 0 Å². The highest BCUT2D eigenvalue weighted by Crippen LogP contribution is 2.55. The zero-order chi connectivity index (χ0) is 15.3. The van der Waals surface area contributed by atoms with E-state index in [2.05, 4.69) is 29.6 Å². The largest absolute Gasteiger partial charge is 0.493 e. The number of benzene rings is 2. The van der Waals surface area contributed by atoms with Crippen LogP contribution in [0.2, 0.25) is 0 Å². The average molecular weight is 309 g/mol. The van der Waals surface area contributed by atoms with Crippen LogP contribution < -0.4 is 19.5 Å². The molecule has 0 radical (unpaired) electrons. The minimum atomic E-state index is 0.257. The van der Waals surface area contributed by atoms with Crippen LogP contribution in [-0.2, 0) is 5.41 Å². The van der Waals surface area contributed by atoms with Crippen molar-refractivity contribution in [3.63, 3.8) is 0 Å². The van der Waals surface area contributed by atoms with Gasteiger partial charge < -0.3 is 19.5 Å². The lowest BCUT2D eigenvalue weighted by Gasteiger charge is -2.46. The van der Waals surface area contributed by atoms with E-state index >= 15 is 0 Å². The van der Waals surface area contributed by atoms with Crippen molar-refractivity contribution < 1.29 is 14.2 Å². The van der Waals surface area contributed by atoms with Gasteiger partial charge in [-0.15, -0.1) is 0 Å². The van der Waals surface area contributed by atoms with Crippen LogP contribution in [0.1, 0.15) is 23.5 Å². The Balaban J connectivity index is 1.30. The summed E-state index contributed by atoms with van der Waals surface area (Å²) in [5, 5.41) is 3.56. The molecule has 0 spiro atoms. The molecule has 1 aliphatic carbocycles. The van der Waals surface area contributed by atoms with Crippen molar-refractivity contribution in [2.75, 3.05) is 26.5 Å². The van der Waals surface area contributed by atoms with Gasteiger partial charge in [0.1, 0.15) is 5.75 Å². The number of nitrogens with one attached hydrogen (secondary N) is 1. The smallest absolute Gasteiger partial charge is 0.231 e. The molecule has 2 aliphatic heterocycles. The van der Waals surface area contributed by atoms with E-state index in [9.17, 15) is 0 Å². The summed E-state index contributed by atoms with van der Waals surface area (Å²) in [7, 11) is 0. The molecule has 0 bridgehead atoms. The van der Waals surface area contributed by atoms with Crippen molar-refractivity contribution in [3.05, 3.63) is 53.6 Å². The monoisotopic (exact) mass is 309 g/mol. The fourth-order valence-electron chi connectivity index (χ4n) is 4.34. The number of hydrogen-bond acceptors (Lipinski definition) is 4. The normalized spacial score (nSPS) is 26.3. The second-order valence-electron chi connectivity index (χ2n) is 6.54. The summed E-state index contributed by atoms with van der Waals surface area (Å²) in [5.41, 5.74) is 3.28. The highest BCUT2D eigenvalue weighted by atomic mass is 16.7. The molecule has 4 nitrogen and oxygen atoms in total. The summed E-state index contributed by atoms with van der Waals surface area (Å²) in [6.45, 7) is 3.15. The van der Waals surface area contributed by atoms with Crippen LogP contribution in [0.4, 0.5) is 0 Å². The van der Waals surface area contributed by atoms with E-state index in [1.165, 1.54) is 11.1 Å². The van der Waals surface area contributed by atoms with Crippen molar-refractivity contribution >= 4 is 0 Å². The molecule has 2 aromatic carbocycles. The molecule has 2 aromatic rings. The van der Waals surface area contributed by atoms with Gasteiger partial charge in [0.25, 0.3) is 0 Å². The van der Waals surface area contributed by atoms with E-state index in [-0.39, 0.29) is 5.41 Å². The fourth-order valence-corrected chi connectivity index (χ4v) is 4.34. The van der Waals surface area contributed by atoms with Gasteiger partial charge in [0, 0.05) is 30.5 Å². The maximum Gasteiger partial charge on any atom is 0.231 e. The Morgan fingerprint density at radius 3 is 3.04 bits per heavy atom. The topological polar surface area (TPSA) is 39.7 Å². The molecule has 5 rings (SSSR count). The SMILES string of the molecule is c1ccc2c(c1)[C@@H]1CNC[C@]21CCOc1ccc2c(c1)OCO2. The Morgan fingerprint density at radius 2 is 2.04 bits per heavy atom. The molecule has 3 aliphatic rings. The van der Waals surface area contributed by atoms with Crippen molar-refractivity contribution in [3.8, 4) is 17.2 Å². The Labute approximate surface area is 135 Å². The lowest BCUT2D eigenvalue weighted by molar-refractivity contribution is 0.173. The first-order chi connectivity index (χ1) is 11.4. The second kappa shape index (κ2) is 4.90. The van der Waals surface area contributed by atoms with Crippen LogP contribution in [-0.4, -0.2) is 26.5 Å². The molecule has 0 saturated carbocycles. The summed E-state index contributed by atoms with van der Waals surface area (Å²) < 4.78 is 16.7. The highest BCUT2D eigenvalue weighted by Gasteiger charge is 2.53. The van der Waals surface area contributed by atoms with E-state index in [1.54, 1.807) is 0 Å². The van der Waals surface area contributed by atoms with Gasteiger partial charge in [-0.25, -0.2) is 0 Å². The number of rotatable bonds is 4. The first-order valence-electron chi connectivity index (χ1n) is 8.19. The zero-order valence-corrected chi connectivity index (χ0v) is 12.9. The number of hydrogen-bond donors (Lipinski definition) is 1. The third kappa shape index (κ3) is 1.88. The first kappa shape index (κ1) is 13.3. The Kier molecular flexibility index (Phi) is 2.82. The van der Waals surface area contributed by atoms with Crippen molar-refractivity contribution in [1.29, 1.82) is 0 Å². The van der Waals surface area contributed by atoms with E-state index < -0.39 is 0 Å². The maximum atomic E-state index is 5.99. The highest BCUT2D eigenvalue weighted by molar-refractivity contribution is 5.52. The van der Waals surface area contributed by atoms with Crippen molar-refractivity contribution in [1.82, 2.24) is 5.32 Å². The lowest BCUT2D eigenvalue weighted by Crippen LogP contribution is -2.44. The Bertz CT molecular complexity index is 760. The fraction of sp³-hybridized carbons (Fsp3) is 0.368. The molecule has 1 fully saturated rings. The summed E-state index contributed by atoms with van der Waals surface area (Å²) >= 11 is 0. The molecular weight excluding hydrogens is 290 g/mol. The molecule has 2 atom stereocenters. The standard InChI is InChI=1S/C19H19NO3/c1-2-4-15-14(3-1)16-10-20-11-19(15,16)7-8-21-13-5-6-17-18(9-13)23-12-22-17/h1-6,9,16,20H,7-8,10-12H2/t16-,19+/m0/s1. The third-order valence-corrected chi connectivity index (χ3v) is 5.49. The quantitative estimate of drug-likeness (QED) is 0.943. The molecule has 2 heterocycles. The average Bonchev–Trinajstić information content (AvgIpc) is 3.18. The minimum Gasteiger partial charge on any atom is -0.493 e. The van der Waals surface area contributed by atoms with Gasteiger partial charge in [-0.2, -0.15) is 0 Å². The van der Waals surface area contributed by atoms with Crippen LogP contribution >= 0.6 is 0 Å². The number of fused-ring (bicyclic) bond motifs is 5. The van der Waals surface area contributed by atoms with Crippen molar-refractivity contribution in [2.45, 2.75) is 17.8 Å².